The summed E-state index contributed by atoms with van der Waals surface area (Å²) in [5.74, 6) is 0. The number of benzene rings is 1. The normalized spacial score (nSPS) is 18.4. The summed E-state index contributed by atoms with van der Waals surface area (Å²) in [6.07, 6.45) is 0.840. The molecule has 0 aromatic heterocycles. The van der Waals surface area contributed by atoms with Gasteiger partial charge in [-0.05, 0) is 0 Å². The Morgan fingerprint density at radius 3 is 2.33 bits per heavy atom. The van der Waals surface area contributed by atoms with Gasteiger partial charge in [0, 0.05) is 0 Å². The minimum absolute atomic E-state index is 0.393. The van der Waals surface area contributed by atoms with Gasteiger partial charge >= 0.3 is 108 Å². The van der Waals surface area contributed by atoms with Gasteiger partial charge in [0.25, 0.3) is 0 Å². The van der Waals surface area contributed by atoms with Crippen molar-refractivity contribution in [2.45, 2.75) is 11.7 Å². The topological polar surface area (TPSA) is 42.2 Å². The van der Waals surface area contributed by atoms with E-state index in [1.807, 2.05) is 31.2 Å². The predicted molar refractivity (Wildman–Crippen MR) is 72.0 cm³/mol. The van der Waals surface area contributed by atoms with E-state index in [9.17, 15) is 5.26 Å². The second kappa shape index (κ2) is 5.95. The van der Waals surface area contributed by atoms with Gasteiger partial charge in [0.15, 0.2) is 0 Å². The van der Waals surface area contributed by atoms with Crippen LogP contribution in [0.5, 0.6) is 0 Å². The van der Waals surface area contributed by atoms with Crippen LogP contribution in [0.15, 0.2) is 24.3 Å². The van der Waals surface area contributed by atoms with Crippen LogP contribution in [0.2, 0.25) is 0 Å². The van der Waals surface area contributed by atoms with Crippen LogP contribution in [-0.2, 0) is 21.2 Å². The molecule has 1 aliphatic heterocycles. The third kappa shape index (κ3) is 2.69. The van der Waals surface area contributed by atoms with E-state index in [0.717, 1.165) is 11.9 Å². The molecule has 92 valence electrons. The quantitative estimate of drug-likeness (QED) is 0.745. The first-order chi connectivity index (χ1) is 8.80. The maximum absolute atomic E-state index is 9.47. The van der Waals surface area contributed by atoms with Gasteiger partial charge in [-0.3, -0.25) is 0 Å². The van der Waals surface area contributed by atoms with Gasteiger partial charge in [-0.2, -0.15) is 0 Å². The standard InChI is InChI=1S/C14H16BNO2/c1-15-8-12-2-4-13(5-3-12)14(9-16)10-17-6-7-18-11-14/h2-5H,1,6-8,10-11H2. The number of rotatable bonds is 3. The first kappa shape index (κ1) is 13.0. The van der Waals surface area contributed by atoms with E-state index in [0.29, 0.717) is 26.4 Å². The number of hydrogen-bond acceptors (Lipinski definition) is 3. The Kier molecular flexibility index (Phi) is 4.30. The monoisotopic (exact) mass is 241 g/mol. The van der Waals surface area contributed by atoms with Crippen molar-refractivity contribution in [3.8, 4) is 6.07 Å². The first-order valence-electron chi connectivity index (χ1n) is 6.08. The molecule has 1 saturated heterocycles. The molecule has 2 rings (SSSR count). The van der Waals surface area contributed by atoms with Gasteiger partial charge in [-0.25, -0.2) is 0 Å². The molecule has 0 radical (unpaired) electrons. The fourth-order valence-electron chi connectivity index (χ4n) is 2.07. The van der Waals surface area contributed by atoms with Crippen LogP contribution < -0.4 is 0 Å². The number of ether oxygens (including phenoxy) is 2. The van der Waals surface area contributed by atoms with Crippen LogP contribution in [0.1, 0.15) is 11.1 Å². The molecule has 0 saturated carbocycles. The molecule has 0 N–H and O–H groups in total. The van der Waals surface area contributed by atoms with Crippen molar-refractivity contribution in [1.29, 1.82) is 5.26 Å². The van der Waals surface area contributed by atoms with E-state index in [4.69, 9.17) is 9.47 Å². The Morgan fingerprint density at radius 2 is 1.83 bits per heavy atom. The Hall–Kier alpha value is -1.44. The number of nitrogens with zero attached hydrogens (tertiary/aromatic N) is 1. The van der Waals surface area contributed by atoms with Gasteiger partial charge in [-0.15, -0.1) is 0 Å². The van der Waals surface area contributed by atoms with Crippen LogP contribution in [0, 0.1) is 11.3 Å². The van der Waals surface area contributed by atoms with E-state index in [1.54, 1.807) is 0 Å². The molecule has 1 aromatic carbocycles. The van der Waals surface area contributed by atoms with Crippen molar-refractivity contribution in [2.24, 2.45) is 0 Å². The summed E-state index contributed by atoms with van der Waals surface area (Å²) in [6.45, 7) is 7.48. The summed E-state index contributed by atoms with van der Waals surface area (Å²) >= 11 is 0. The zero-order valence-electron chi connectivity index (χ0n) is 10.4. The maximum atomic E-state index is 9.47. The molecule has 0 aliphatic carbocycles. The summed E-state index contributed by atoms with van der Waals surface area (Å²) in [5, 5.41) is 9.47. The Labute approximate surface area is 108 Å². The summed E-state index contributed by atoms with van der Waals surface area (Å²) in [7, 11) is 0. The zero-order valence-corrected chi connectivity index (χ0v) is 10.4. The van der Waals surface area contributed by atoms with Crippen molar-refractivity contribution in [3.63, 3.8) is 0 Å². The number of nitriles is 1. The van der Waals surface area contributed by atoms with Crippen LogP contribution in [0.4, 0.5) is 0 Å². The molecular weight excluding hydrogens is 225 g/mol. The van der Waals surface area contributed by atoms with Crippen LogP contribution in [-0.4, -0.2) is 39.8 Å². The Morgan fingerprint density at radius 1 is 1.22 bits per heavy atom. The average molecular weight is 241 g/mol. The van der Waals surface area contributed by atoms with Crippen molar-refractivity contribution >= 4 is 13.4 Å². The second-order valence-corrected chi connectivity index (χ2v) is 4.49. The molecule has 0 unspecified atom stereocenters. The summed E-state index contributed by atoms with van der Waals surface area (Å²) < 4.78 is 10.9. The molecule has 1 heterocycles. The van der Waals surface area contributed by atoms with E-state index in [-0.39, 0.29) is 0 Å². The first-order valence-corrected chi connectivity index (χ1v) is 6.08. The van der Waals surface area contributed by atoms with E-state index in [1.165, 1.54) is 5.56 Å². The SMILES string of the molecule is C=BCc1ccc(C2(C#N)COCCOC2)cc1. The van der Waals surface area contributed by atoms with Gasteiger partial charge < -0.3 is 0 Å². The minimum atomic E-state index is -0.677. The molecule has 0 amide bonds. The molecule has 1 fully saturated rings. The zero-order chi connectivity index (χ0) is 12.8. The van der Waals surface area contributed by atoms with Crippen LogP contribution >= 0.6 is 0 Å². The Bertz CT molecular complexity index is 442. The van der Waals surface area contributed by atoms with Gasteiger partial charge in [0.05, 0.1) is 0 Å². The van der Waals surface area contributed by atoms with Crippen molar-refractivity contribution < 1.29 is 9.47 Å². The molecule has 4 heteroatoms. The van der Waals surface area contributed by atoms with Crippen LogP contribution in [0.3, 0.4) is 0 Å². The van der Waals surface area contributed by atoms with E-state index >= 15 is 0 Å². The third-order valence-corrected chi connectivity index (χ3v) is 3.17. The summed E-state index contributed by atoms with van der Waals surface area (Å²) in [4.78, 5) is 0. The molecule has 1 aliphatic rings. The van der Waals surface area contributed by atoms with Gasteiger partial charge in [0.1, 0.15) is 0 Å². The molecular formula is C14H16BNO2. The van der Waals surface area contributed by atoms with Crippen LogP contribution in [0.25, 0.3) is 0 Å². The van der Waals surface area contributed by atoms with Gasteiger partial charge in [0.2, 0.25) is 0 Å². The predicted octanol–water partition coefficient (Wildman–Crippen LogP) is 1.13. The number of hydrogen-bond donors (Lipinski definition) is 0. The van der Waals surface area contributed by atoms with E-state index < -0.39 is 5.41 Å². The second-order valence-electron chi connectivity index (χ2n) is 4.49. The summed E-state index contributed by atoms with van der Waals surface area (Å²) in [6, 6.07) is 10.4. The molecule has 1 aromatic rings. The summed E-state index contributed by atoms with van der Waals surface area (Å²) in [5.41, 5.74) is 1.47. The molecule has 0 atom stereocenters. The molecule has 18 heavy (non-hydrogen) atoms. The molecule has 3 nitrogen and oxygen atoms in total. The van der Waals surface area contributed by atoms with Crippen molar-refractivity contribution in [3.05, 3.63) is 35.4 Å². The average Bonchev–Trinajstić information content (AvgIpc) is 2.66. The van der Waals surface area contributed by atoms with Gasteiger partial charge in [-0.1, -0.05) is 0 Å². The van der Waals surface area contributed by atoms with Crippen molar-refractivity contribution in [2.75, 3.05) is 26.4 Å². The van der Waals surface area contributed by atoms with Crippen molar-refractivity contribution in [1.82, 2.24) is 0 Å². The fraction of sp³-hybridized carbons (Fsp3) is 0.429. The molecule has 0 spiro atoms. The Balaban J connectivity index is 2.26. The molecule has 0 bridgehead atoms. The fourth-order valence-corrected chi connectivity index (χ4v) is 2.07. The third-order valence-electron chi connectivity index (χ3n) is 3.17. The van der Waals surface area contributed by atoms with E-state index in [2.05, 4.69) is 12.5 Å².